The molecular formula is C13H11BrFIN2O2S. The topological polar surface area (TPSA) is 72.2 Å². The Morgan fingerprint density at radius 1 is 1.29 bits per heavy atom. The van der Waals surface area contributed by atoms with Crippen molar-refractivity contribution in [1.29, 1.82) is 0 Å². The first-order valence-electron chi connectivity index (χ1n) is 5.80. The molecular weight excluding hydrogens is 474 g/mol. The standard InChI is InChI=1S/C13H11BrFIN2O2S/c14-9-4-8(7-17)13(15)12(5-9)21(19,20)18-11-3-1-2-10(16)6-11/h1-6,18H,7,17H2. The molecule has 0 saturated heterocycles. The molecule has 0 amide bonds. The molecule has 0 aliphatic rings. The number of anilines is 1. The summed E-state index contributed by atoms with van der Waals surface area (Å²) < 4.78 is 42.6. The van der Waals surface area contributed by atoms with Gasteiger partial charge in [-0.2, -0.15) is 0 Å². The molecule has 0 fully saturated rings. The second kappa shape index (κ2) is 6.59. The van der Waals surface area contributed by atoms with E-state index in [1.54, 1.807) is 18.2 Å². The van der Waals surface area contributed by atoms with E-state index in [1.165, 1.54) is 12.1 Å². The van der Waals surface area contributed by atoms with E-state index in [0.717, 1.165) is 3.57 Å². The smallest absolute Gasteiger partial charge is 0.264 e. The van der Waals surface area contributed by atoms with Gasteiger partial charge in [0.25, 0.3) is 10.0 Å². The van der Waals surface area contributed by atoms with E-state index in [2.05, 4.69) is 43.2 Å². The Labute approximate surface area is 144 Å². The van der Waals surface area contributed by atoms with Crippen molar-refractivity contribution < 1.29 is 12.8 Å². The molecule has 112 valence electrons. The second-order valence-corrected chi connectivity index (χ2v) is 8.01. The Hall–Kier alpha value is -0.710. The van der Waals surface area contributed by atoms with Crippen LogP contribution in [0.2, 0.25) is 0 Å². The molecule has 0 aliphatic heterocycles. The van der Waals surface area contributed by atoms with Crippen LogP contribution < -0.4 is 10.5 Å². The van der Waals surface area contributed by atoms with Crippen LogP contribution in [0.4, 0.5) is 10.1 Å². The Morgan fingerprint density at radius 2 is 2.00 bits per heavy atom. The molecule has 0 aromatic heterocycles. The monoisotopic (exact) mass is 484 g/mol. The highest BCUT2D eigenvalue weighted by atomic mass is 127. The molecule has 0 saturated carbocycles. The van der Waals surface area contributed by atoms with Gasteiger partial charge in [-0.15, -0.1) is 0 Å². The third-order valence-corrected chi connectivity index (χ3v) is 5.17. The molecule has 8 heteroatoms. The second-order valence-electron chi connectivity index (χ2n) is 4.20. The highest BCUT2D eigenvalue weighted by Crippen LogP contribution is 2.26. The number of nitrogens with two attached hydrogens (primary N) is 1. The maximum absolute atomic E-state index is 14.2. The summed E-state index contributed by atoms with van der Waals surface area (Å²) in [4.78, 5) is -0.434. The number of nitrogens with one attached hydrogen (secondary N) is 1. The molecule has 0 aliphatic carbocycles. The zero-order chi connectivity index (χ0) is 15.6. The van der Waals surface area contributed by atoms with Gasteiger partial charge in [0.15, 0.2) is 0 Å². The van der Waals surface area contributed by atoms with E-state index in [9.17, 15) is 12.8 Å². The summed E-state index contributed by atoms with van der Waals surface area (Å²) in [7, 11) is -4.03. The predicted molar refractivity (Wildman–Crippen MR) is 92.0 cm³/mol. The maximum Gasteiger partial charge on any atom is 0.264 e. The first-order valence-corrected chi connectivity index (χ1v) is 9.15. The number of hydrogen-bond donors (Lipinski definition) is 2. The first-order chi connectivity index (χ1) is 9.83. The molecule has 2 rings (SSSR count). The average molecular weight is 485 g/mol. The molecule has 0 spiro atoms. The summed E-state index contributed by atoms with van der Waals surface area (Å²) in [5.74, 6) is -0.834. The number of sulfonamides is 1. The highest BCUT2D eigenvalue weighted by molar-refractivity contribution is 14.1. The summed E-state index contributed by atoms with van der Waals surface area (Å²) in [6.07, 6.45) is 0. The Balaban J connectivity index is 2.47. The van der Waals surface area contributed by atoms with Crippen molar-refractivity contribution in [3.8, 4) is 0 Å². The highest BCUT2D eigenvalue weighted by Gasteiger charge is 2.22. The van der Waals surface area contributed by atoms with Crippen LogP contribution in [0.1, 0.15) is 5.56 Å². The molecule has 3 N–H and O–H groups in total. The fourth-order valence-electron chi connectivity index (χ4n) is 1.72. The molecule has 4 nitrogen and oxygen atoms in total. The van der Waals surface area contributed by atoms with Gasteiger partial charge in [0.1, 0.15) is 10.7 Å². The van der Waals surface area contributed by atoms with E-state index in [-0.39, 0.29) is 12.1 Å². The summed E-state index contributed by atoms with van der Waals surface area (Å²) in [5.41, 5.74) is 5.93. The van der Waals surface area contributed by atoms with Crippen molar-refractivity contribution in [3.63, 3.8) is 0 Å². The van der Waals surface area contributed by atoms with Gasteiger partial charge in [0.2, 0.25) is 0 Å². The number of halogens is 3. The summed E-state index contributed by atoms with van der Waals surface area (Å²) in [6.45, 7) is -0.0863. The molecule has 0 unspecified atom stereocenters. The van der Waals surface area contributed by atoms with Crippen LogP contribution >= 0.6 is 38.5 Å². The van der Waals surface area contributed by atoms with Crippen LogP contribution in [0, 0.1) is 9.39 Å². The zero-order valence-electron chi connectivity index (χ0n) is 10.6. The SMILES string of the molecule is NCc1cc(Br)cc(S(=O)(=O)Nc2cccc(I)c2)c1F. The summed E-state index contributed by atoms with van der Waals surface area (Å²) in [6, 6.07) is 9.45. The third kappa shape index (κ3) is 3.93. The van der Waals surface area contributed by atoms with Crippen LogP contribution in [-0.2, 0) is 16.6 Å². The number of benzene rings is 2. The molecule has 0 bridgehead atoms. The third-order valence-electron chi connectivity index (χ3n) is 2.67. The lowest BCUT2D eigenvalue weighted by molar-refractivity contribution is 0.560. The fraction of sp³-hybridized carbons (Fsp3) is 0.0769. The Kier molecular flexibility index (Phi) is 5.23. The van der Waals surface area contributed by atoms with Gasteiger partial charge >= 0.3 is 0 Å². The van der Waals surface area contributed by atoms with Crippen LogP contribution in [0.5, 0.6) is 0 Å². The minimum absolute atomic E-state index is 0.0863. The van der Waals surface area contributed by atoms with Gasteiger partial charge in [-0.3, -0.25) is 4.72 Å². The van der Waals surface area contributed by atoms with Gasteiger partial charge in [-0.05, 0) is 52.9 Å². The van der Waals surface area contributed by atoms with Crippen molar-refractivity contribution in [2.75, 3.05) is 4.72 Å². The lowest BCUT2D eigenvalue weighted by Crippen LogP contribution is -2.16. The van der Waals surface area contributed by atoms with E-state index in [4.69, 9.17) is 5.73 Å². The van der Waals surface area contributed by atoms with Gasteiger partial charge < -0.3 is 5.73 Å². The fourth-order valence-corrected chi connectivity index (χ4v) is 4.12. The summed E-state index contributed by atoms with van der Waals surface area (Å²) >= 11 is 5.22. The van der Waals surface area contributed by atoms with Gasteiger partial charge in [0, 0.05) is 25.8 Å². The largest absolute Gasteiger partial charge is 0.326 e. The number of rotatable bonds is 4. The zero-order valence-corrected chi connectivity index (χ0v) is 15.2. The minimum Gasteiger partial charge on any atom is -0.326 e. The normalized spacial score (nSPS) is 11.4. The van der Waals surface area contributed by atoms with Crippen molar-refractivity contribution in [2.45, 2.75) is 11.4 Å². The molecule has 21 heavy (non-hydrogen) atoms. The van der Waals surface area contributed by atoms with E-state index >= 15 is 0 Å². The Morgan fingerprint density at radius 3 is 2.62 bits per heavy atom. The minimum atomic E-state index is -4.03. The predicted octanol–water partition coefficient (Wildman–Crippen LogP) is 3.45. The van der Waals surface area contributed by atoms with Crippen molar-refractivity contribution in [2.24, 2.45) is 5.73 Å². The van der Waals surface area contributed by atoms with E-state index in [1.807, 2.05) is 6.07 Å². The van der Waals surface area contributed by atoms with Crippen molar-refractivity contribution in [3.05, 3.63) is 55.8 Å². The quantitative estimate of drug-likeness (QED) is 0.653. The lowest BCUT2D eigenvalue weighted by atomic mass is 10.2. The van der Waals surface area contributed by atoms with Gasteiger partial charge in [-0.1, -0.05) is 22.0 Å². The molecule has 0 heterocycles. The van der Waals surface area contributed by atoms with Gasteiger partial charge in [0.05, 0.1) is 0 Å². The van der Waals surface area contributed by atoms with Crippen LogP contribution in [-0.4, -0.2) is 8.42 Å². The van der Waals surface area contributed by atoms with Crippen LogP contribution in [0.3, 0.4) is 0 Å². The summed E-state index contributed by atoms with van der Waals surface area (Å²) in [5, 5.41) is 0. The van der Waals surface area contributed by atoms with Crippen molar-refractivity contribution >= 4 is 54.2 Å². The molecule has 2 aromatic rings. The first kappa shape index (κ1) is 16.7. The van der Waals surface area contributed by atoms with Crippen molar-refractivity contribution in [1.82, 2.24) is 0 Å². The van der Waals surface area contributed by atoms with E-state index < -0.39 is 20.7 Å². The molecule has 0 radical (unpaired) electrons. The van der Waals surface area contributed by atoms with E-state index in [0.29, 0.717) is 10.2 Å². The maximum atomic E-state index is 14.2. The average Bonchev–Trinajstić information content (AvgIpc) is 2.40. The van der Waals surface area contributed by atoms with Gasteiger partial charge in [-0.25, -0.2) is 12.8 Å². The van der Waals surface area contributed by atoms with Crippen LogP contribution in [0.25, 0.3) is 0 Å². The Bertz CT molecular complexity index is 784. The molecule has 2 aromatic carbocycles. The van der Waals surface area contributed by atoms with Crippen LogP contribution in [0.15, 0.2) is 45.8 Å². The molecule has 0 atom stereocenters. The lowest BCUT2D eigenvalue weighted by Gasteiger charge is -2.11. The number of hydrogen-bond acceptors (Lipinski definition) is 3.